The lowest BCUT2D eigenvalue weighted by Gasteiger charge is -2.16. The maximum absolute atomic E-state index is 11.3. The molecular weight excluding hydrogens is 168 g/mol. The van der Waals surface area contributed by atoms with Gasteiger partial charge in [-0.25, -0.2) is 4.79 Å². The molecule has 13 heavy (non-hydrogen) atoms. The van der Waals surface area contributed by atoms with Gasteiger partial charge in [0.15, 0.2) is 0 Å². The number of hydrogen-bond donors (Lipinski definition) is 0. The zero-order chi connectivity index (χ0) is 9.68. The van der Waals surface area contributed by atoms with Crippen molar-refractivity contribution < 1.29 is 14.3 Å². The van der Waals surface area contributed by atoms with E-state index in [4.69, 9.17) is 4.74 Å². The van der Waals surface area contributed by atoms with Crippen LogP contribution in [0.25, 0.3) is 0 Å². The van der Waals surface area contributed by atoms with Gasteiger partial charge in [0.1, 0.15) is 6.29 Å². The molecule has 0 fully saturated rings. The van der Waals surface area contributed by atoms with E-state index < -0.39 is 0 Å². The third-order valence-electron chi connectivity index (χ3n) is 2.14. The summed E-state index contributed by atoms with van der Waals surface area (Å²) in [4.78, 5) is 21.8. The first-order chi connectivity index (χ1) is 6.27. The van der Waals surface area contributed by atoms with E-state index in [0.717, 1.165) is 19.1 Å². The van der Waals surface area contributed by atoms with Gasteiger partial charge in [0.25, 0.3) is 0 Å². The van der Waals surface area contributed by atoms with Crippen molar-refractivity contribution >= 4 is 12.3 Å². The van der Waals surface area contributed by atoms with Gasteiger partial charge in [0.2, 0.25) is 0 Å². The summed E-state index contributed by atoms with van der Waals surface area (Å²) in [6.45, 7) is 2.17. The van der Waals surface area contributed by atoms with Crippen molar-refractivity contribution in [3.8, 4) is 0 Å². The number of ether oxygens (including phenoxy) is 1. The Labute approximate surface area is 77.8 Å². The molecule has 0 aliphatic heterocycles. The highest BCUT2D eigenvalue weighted by atomic mass is 16.5. The molecule has 0 bridgehead atoms. The summed E-state index contributed by atoms with van der Waals surface area (Å²) < 4.78 is 4.85. The Balaban J connectivity index is 2.54. The fourth-order valence-corrected chi connectivity index (χ4v) is 1.45. The van der Waals surface area contributed by atoms with Crippen molar-refractivity contribution in [1.29, 1.82) is 0 Å². The van der Waals surface area contributed by atoms with Crippen LogP contribution in [0.3, 0.4) is 0 Å². The van der Waals surface area contributed by atoms with Crippen LogP contribution in [-0.4, -0.2) is 18.9 Å². The van der Waals surface area contributed by atoms with Crippen LogP contribution in [0.15, 0.2) is 11.6 Å². The minimum absolute atomic E-state index is 0.00408. The van der Waals surface area contributed by atoms with E-state index in [2.05, 4.69) is 0 Å². The number of rotatable bonds is 3. The van der Waals surface area contributed by atoms with Gasteiger partial charge in [-0.1, -0.05) is 6.08 Å². The Hall–Kier alpha value is -1.12. The van der Waals surface area contributed by atoms with Crippen molar-refractivity contribution in [1.82, 2.24) is 0 Å². The first kappa shape index (κ1) is 9.96. The number of carbonyl (C=O) groups is 2. The Morgan fingerprint density at radius 1 is 1.77 bits per heavy atom. The maximum atomic E-state index is 11.3. The van der Waals surface area contributed by atoms with Crippen molar-refractivity contribution in [3.05, 3.63) is 11.6 Å². The molecule has 3 heteroatoms. The Morgan fingerprint density at radius 2 is 2.54 bits per heavy atom. The van der Waals surface area contributed by atoms with Gasteiger partial charge in [0.05, 0.1) is 6.61 Å². The zero-order valence-electron chi connectivity index (χ0n) is 7.79. The number of allylic oxidation sites excluding steroid dienone is 1. The van der Waals surface area contributed by atoms with Crippen LogP contribution >= 0.6 is 0 Å². The van der Waals surface area contributed by atoms with Gasteiger partial charge >= 0.3 is 5.97 Å². The standard InChI is InChI=1S/C10H14O3/c1-2-13-10(12)9-5-3-4-8(6-9)7-11/h5,7-8H,2-4,6H2,1H3. The SMILES string of the molecule is CCOC(=O)C1=CCCC(C=O)C1. The van der Waals surface area contributed by atoms with E-state index in [0.29, 0.717) is 18.6 Å². The van der Waals surface area contributed by atoms with E-state index in [1.54, 1.807) is 6.92 Å². The molecule has 0 aromatic heterocycles. The lowest BCUT2D eigenvalue weighted by Crippen LogP contribution is -2.15. The topological polar surface area (TPSA) is 43.4 Å². The first-order valence-corrected chi connectivity index (χ1v) is 4.59. The predicted molar refractivity (Wildman–Crippen MR) is 48.1 cm³/mol. The smallest absolute Gasteiger partial charge is 0.333 e. The average molecular weight is 182 g/mol. The molecule has 0 aromatic carbocycles. The minimum atomic E-state index is -0.269. The van der Waals surface area contributed by atoms with E-state index >= 15 is 0 Å². The Bertz CT molecular complexity index is 230. The fourth-order valence-electron chi connectivity index (χ4n) is 1.45. The molecule has 1 rings (SSSR count). The van der Waals surface area contributed by atoms with Crippen LogP contribution < -0.4 is 0 Å². The fraction of sp³-hybridized carbons (Fsp3) is 0.600. The van der Waals surface area contributed by atoms with Crippen LogP contribution in [-0.2, 0) is 14.3 Å². The highest BCUT2D eigenvalue weighted by Gasteiger charge is 2.19. The first-order valence-electron chi connectivity index (χ1n) is 4.59. The summed E-state index contributed by atoms with van der Waals surface area (Å²) in [6, 6.07) is 0. The van der Waals surface area contributed by atoms with Crippen LogP contribution in [0.2, 0.25) is 0 Å². The highest BCUT2D eigenvalue weighted by Crippen LogP contribution is 2.23. The van der Waals surface area contributed by atoms with Crippen LogP contribution in [0, 0.1) is 5.92 Å². The summed E-state index contributed by atoms with van der Waals surface area (Å²) in [5.41, 5.74) is 0.658. The summed E-state index contributed by atoms with van der Waals surface area (Å²) in [5, 5.41) is 0. The molecule has 0 spiro atoms. The molecule has 1 aliphatic rings. The number of esters is 1. The summed E-state index contributed by atoms with van der Waals surface area (Å²) in [6.07, 6.45) is 5.00. The minimum Gasteiger partial charge on any atom is -0.463 e. The second-order valence-electron chi connectivity index (χ2n) is 3.13. The highest BCUT2D eigenvalue weighted by molar-refractivity contribution is 5.89. The summed E-state index contributed by atoms with van der Waals surface area (Å²) >= 11 is 0. The average Bonchev–Trinajstić information content (AvgIpc) is 2.18. The third kappa shape index (κ3) is 2.68. The largest absolute Gasteiger partial charge is 0.463 e. The van der Waals surface area contributed by atoms with Crippen molar-refractivity contribution in [2.75, 3.05) is 6.61 Å². The van der Waals surface area contributed by atoms with Crippen LogP contribution in [0.1, 0.15) is 26.2 Å². The second-order valence-corrected chi connectivity index (χ2v) is 3.13. The number of carbonyl (C=O) groups excluding carboxylic acids is 2. The quantitative estimate of drug-likeness (QED) is 0.490. The maximum Gasteiger partial charge on any atom is 0.333 e. The van der Waals surface area contributed by atoms with E-state index in [1.807, 2.05) is 6.08 Å². The van der Waals surface area contributed by atoms with Crippen molar-refractivity contribution in [3.63, 3.8) is 0 Å². The molecule has 3 nitrogen and oxygen atoms in total. The zero-order valence-corrected chi connectivity index (χ0v) is 7.79. The van der Waals surface area contributed by atoms with Crippen LogP contribution in [0.4, 0.5) is 0 Å². The third-order valence-corrected chi connectivity index (χ3v) is 2.14. The van der Waals surface area contributed by atoms with E-state index in [1.165, 1.54) is 0 Å². The lowest BCUT2D eigenvalue weighted by atomic mass is 9.90. The molecule has 1 aliphatic carbocycles. The lowest BCUT2D eigenvalue weighted by molar-refractivity contribution is -0.138. The van der Waals surface area contributed by atoms with Gasteiger partial charge in [-0.15, -0.1) is 0 Å². The molecule has 72 valence electrons. The van der Waals surface area contributed by atoms with Gasteiger partial charge < -0.3 is 9.53 Å². The van der Waals surface area contributed by atoms with Gasteiger partial charge in [-0.2, -0.15) is 0 Å². The molecule has 0 saturated carbocycles. The Kier molecular flexibility index (Phi) is 3.68. The van der Waals surface area contributed by atoms with Crippen LogP contribution in [0.5, 0.6) is 0 Å². The second kappa shape index (κ2) is 4.80. The van der Waals surface area contributed by atoms with E-state index in [9.17, 15) is 9.59 Å². The molecule has 1 atom stereocenters. The van der Waals surface area contributed by atoms with Crippen molar-refractivity contribution in [2.24, 2.45) is 5.92 Å². The molecule has 0 radical (unpaired) electrons. The monoisotopic (exact) mass is 182 g/mol. The number of aldehydes is 1. The summed E-state index contributed by atoms with van der Waals surface area (Å²) in [5.74, 6) is -0.265. The number of hydrogen-bond acceptors (Lipinski definition) is 3. The normalized spacial score (nSPS) is 21.9. The molecule has 1 unspecified atom stereocenters. The molecule has 0 aromatic rings. The van der Waals surface area contributed by atoms with Gasteiger partial charge in [-0.3, -0.25) is 0 Å². The molecule has 0 heterocycles. The molecule has 0 N–H and O–H groups in total. The summed E-state index contributed by atoms with van der Waals surface area (Å²) in [7, 11) is 0. The predicted octanol–water partition coefficient (Wildman–Crippen LogP) is 1.47. The van der Waals surface area contributed by atoms with Crippen molar-refractivity contribution in [2.45, 2.75) is 26.2 Å². The molecule has 0 saturated heterocycles. The molecule has 0 amide bonds. The van der Waals surface area contributed by atoms with E-state index in [-0.39, 0.29) is 11.9 Å². The molecular formula is C10H14O3. The van der Waals surface area contributed by atoms with Gasteiger partial charge in [-0.05, 0) is 26.2 Å². The Morgan fingerprint density at radius 3 is 3.15 bits per heavy atom. The van der Waals surface area contributed by atoms with Gasteiger partial charge in [0, 0.05) is 11.5 Å².